The van der Waals surface area contributed by atoms with Crippen LogP contribution in [0.1, 0.15) is 11.1 Å². The fraction of sp³-hybridized carbons (Fsp3) is 0.167. The highest BCUT2D eigenvalue weighted by molar-refractivity contribution is 5.62. The van der Waals surface area contributed by atoms with Gasteiger partial charge in [-0.25, -0.2) is 4.79 Å². The van der Waals surface area contributed by atoms with Gasteiger partial charge in [0.15, 0.2) is 0 Å². The van der Waals surface area contributed by atoms with E-state index in [0.29, 0.717) is 11.3 Å². The molecular weight excluding hydrogens is 204 g/mol. The molecule has 1 aromatic heterocycles. The van der Waals surface area contributed by atoms with Crippen LogP contribution < -0.4 is 11.2 Å². The van der Waals surface area contributed by atoms with Crippen LogP contribution in [0, 0.1) is 13.8 Å². The molecular formula is C12H12N2O2. The molecule has 4 heteroatoms. The molecule has 0 bridgehead atoms. The van der Waals surface area contributed by atoms with Crippen LogP contribution in [0.5, 0.6) is 0 Å². The Morgan fingerprint density at radius 2 is 1.56 bits per heavy atom. The molecule has 0 amide bonds. The highest BCUT2D eigenvalue weighted by atomic mass is 16.2. The van der Waals surface area contributed by atoms with Crippen molar-refractivity contribution in [2.45, 2.75) is 13.8 Å². The Kier molecular flexibility index (Phi) is 2.48. The van der Waals surface area contributed by atoms with Gasteiger partial charge in [0.1, 0.15) is 0 Å². The second-order valence-corrected chi connectivity index (χ2v) is 3.77. The average molecular weight is 216 g/mol. The molecule has 0 aliphatic carbocycles. The number of H-pyrrole nitrogens is 2. The van der Waals surface area contributed by atoms with Crippen molar-refractivity contribution >= 4 is 0 Å². The molecule has 0 unspecified atom stereocenters. The van der Waals surface area contributed by atoms with E-state index in [2.05, 4.69) is 9.97 Å². The van der Waals surface area contributed by atoms with Gasteiger partial charge in [-0.05, 0) is 19.4 Å². The first-order valence-corrected chi connectivity index (χ1v) is 4.98. The normalized spacial score (nSPS) is 10.4. The molecule has 16 heavy (non-hydrogen) atoms. The topological polar surface area (TPSA) is 65.7 Å². The zero-order valence-electron chi connectivity index (χ0n) is 9.13. The molecule has 0 atom stereocenters. The second kappa shape index (κ2) is 3.81. The second-order valence-electron chi connectivity index (χ2n) is 3.77. The monoisotopic (exact) mass is 216 g/mol. The quantitative estimate of drug-likeness (QED) is 0.755. The van der Waals surface area contributed by atoms with Crippen molar-refractivity contribution in [2.24, 2.45) is 0 Å². The zero-order valence-corrected chi connectivity index (χ0v) is 9.13. The van der Waals surface area contributed by atoms with Gasteiger partial charge in [-0.3, -0.25) is 9.78 Å². The third-order valence-electron chi connectivity index (χ3n) is 2.52. The number of rotatable bonds is 1. The maximum Gasteiger partial charge on any atom is 0.326 e. The van der Waals surface area contributed by atoms with Crippen LogP contribution in [0.2, 0.25) is 0 Å². The molecule has 1 heterocycles. The van der Waals surface area contributed by atoms with E-state index in [9.17, 15) is 9.59 Å². The van der Waals surface area contributed by atoms with Crippen molar-refractivity contribution in [2.75, 3.05) is 0 Å². The molecule has 0 radical (unpaired) electrons. The largest absolute Gasteiger partial charge is 0.326 e. The predicted molar refractivity (Wildman–Crippen MR) is 62.6 cm³/mol. The molecule has 0 fully saturated rings. The summed E-state index contributed by atoms with van der Waals surface area (Å²) < 4.78 is 0. The van der Waals surface area contributed by atoms with E-state index in [-0.39, 0.29) is 5.56 Å². The van der Waals surface area contributed by atoms with Crippen LogP contribution >= 0.6 is 0 Å². The van der Waals surface area contributed by atoms with Crippen molar-refractivity contribution < 1.29 is 0 Å². The van der Waals surface area contributed by atoms with Crippen LogP contribution in [0.25, 0.3) is 11.3 Å². The average Bonchev–Trinajstić information content (AvgIpc) is 2.25. The summed E-state index contributed by atoms with van der Waals surface area (Å²) in [4.78, 5) is 27.5. The summed E-state index contributed by atoms with van der Waals surface area (Å²) in [5, 5.41) is 0. The lowest BCUT2D eigenvalue weighted by Gasteiger charge is -2.04. The van der Waals surface area contributed by atoms with E-state index in [4.69, 9.17) is 0 Å². The smallest absolute Gasteiger partial charge is 0.307 e. The van der Waals surface area contributed by atoms with Gasteiger partial charge < -0.3 is 4.98 Å². The SMILES string of the molecule is Cc1ccc(-c2[nH]c(=O)[nH]c(=O)c2C)cc1. The molecule has 0 spiro atoms. The lowest BCUT2D eigenvalue weighted by atomic mass is 10.1. The van der Waals surface area contributed by atoms with Crippen molar-refractivity contribution in [3.8, 4) is 11.3 Å². The van der Waals surface area contributed by atoms with E-state index >= 15 is 0 Å². The lowest BCUT2D eigenvalue weighted by molar-refractivity contribution is 1.01. The number of hydrogen-bond donors (Lipinski definition) is 2. The first-order chi connectivity index (χ1) is 7.58. The predicted octanol–water partition coefficient (Wildman–Crippen LogP) is 1.35. The molecule has 2 rings (SSSR count). The Labute approximate surface area is 92.0 Å². The summed E-state index contributed by atoms with van der Waals surface area (Å²) >= 11 is 0. The number of aromatic nitrogens is 2. The van der Waals surface area contributed by atoms with Crippen molar-refractivity contribution in [3.05, 3.63) is 56.2 Å². The zero-order chi connectivity index (χ0) is 11.7. The Morgan fingerprint density at radius 1 is 0.938 bits per heavy atom. The van der Waals surface area contributed by atoms with Gasteiger partial charge >= 0.3 is 5.69 Å². The van der Waals surface area contributed by atoms with Gasteiger partial charge in [-0.1, -0.05) is 29.8 Å². The van der Waals surface area contributed by atoms with Crippen LogP contribution in [-0.2, 0) is 0 Å². The van der Waals surface area contributed by atoms with Gasteiger partial charge in [-0.15, -0.1) is 0 Å². The molecule has 82 valence electrons. The number of aryl methyl sites for hydroxylation is 1. The summed E-state index contributed by atoms with van der Waals surface area (Å²) in [5.41, 5.74) is 2.24. The minimum atomic E-state index is -0.480. The molecule has 2 N–H and O–H groups in total. The van der Waals surface area contributed by atoms with E-state index in [1.54, 1.807) is 6.92 Å². The number of nitrogens with one attached hydrogen (secondary N) is 2. The maximum atomic E-state index is 11.4. The summed E-state index contributed by atoms with van der Waals surface area (Å²) in [7, 11) is 0. The molecule has 2 aromatic rings. The van der Waals surface area contributed by atoms with Crippen molar-refractivity contribution in [1.29, 1.82) is 0 Å². The third kappa shape index (κ3) is 1.82. The van der Waals surface area contributed by atoms with Crippen LogP contribution in [0.3, 0.4) is 0 Å². The summed E-state index contributed by atoms with van der Waals surface area (Å²) in [5.74, 6) is 0. The van der Waals surface area contributed by atoms with Crippen LogP contribution in [-0.4, -0.2) is 9.97 Å². The molecule has 4 nitrogen and oxygen atoms in total. The lowest BCUT2D eigenvalue weighted by Crippen LogP contribution is -2.24. The molecule has 0 aliphatic heterocycles. The highest BCUT2D eigenvalue weighted by Crippen LogP contribution is 2.17. The Hall–Kier alpha value is -2.10. The van der Waals surface area contributed by atoms with E-state index in [0.717, 1.165) is 11.1 Å². The van der Waals surface area contributed by atoms with Crippen molar-refractivity contribution in [1.82, 2.24) is 9.97 Å². The standard InChI is InChI=1S/C12H12N2O2/c1-7-3-5-9(6-4-7)10-8(2)11(15)14-12(16)13-10/h3-6H,1-2H3,(H2,13,14,15,16). The van der Waals surface area contributed by atoms with E-state index < -0.39 is 5.69 Å². The van der Waals surface area contributed by atoms with Gasteiger partial charge in [0, 0.05) is 5.56 Å². The fourth-order valence-corrected chi connectivity index (χ4v) is 1.56. The van der Waals surface area contributed by atoms with Crippen molar-refractivity contribution in [3.63, 3.8) is 0 Å². The minimum absolute atomic E-state index is 0.348. The van der Waals surface area contributed by atoms with E-state index in [1.807, 2.05) is 31.2 Å². The first-order valence-electron chi connectivity index (χ1n) is 4.98. The van der Waals surface area contributed by atoms with Crippen LogP contribution in [0.4, 0.5) is 0 Å². The van der Waals surface area contributed by atoms with E-state index in [1.165, 1.54) is 0 Å². The fourth-order valence-electron chi connectivity index (χ4n) is 1.56. The first kappa shape index (κ1) is 10.4. The Bertz CT molecular complexity index is 621. The van der Waals surface area contributed by atoms with Gasteiger partial charge in [0.25, 0.3) is 5.56 Å². The molecule has 1 aromatic carbocycles. The van der Waals surface area contributed by atoms with Gasteiger partial charge in [-0.2, -0.15) is 0 Å². The molecule has 0 saturated carbocycles. The summed E-state index contributed by atoms with van der Waals surface area (Å²) in [6, 6.07) is 7.64. The summed E-state index contributed by atoms with van der Waals surface area (Å²) in [6.45, 7) is 3.67. The van der Waals surface area contributed by atoms with Gasteiger partial charge in [0.2, 0.25) is 0 Å². The number of hydrogen-bond acceptors (Lipinski definition) is 2. The maximum absolute atomic E-state index is 11.4. The van der Waals surface area contributed by atoms with Crippen LogP contribution in [0.15, 0.2) is 33.9 Å². The van der Waals surface area contributed by atoms with Gasteiger partial charge in [0.05, 0.1) is 5.69 Å². The highest BCUT2D eigenvalue weighted by Gasteiger charge is 2.06. The Morgan fingerprint density at radius 3 is 2.19 bits per heavy atom. The Balaban J connectivity index is 2.69. The molecule has 0 saturated heterocycles. The summed E-state index contributed by atoms with van der Waals surface area (Å²) in [6.07, 6.45) is 0. The minimum Gasteiger partial charge on any atom is -0.307 e. The third-order valence-corrected chi connectivity index (χ3v) is 2.52. The number of aromatic amines is 2. The number of benzene rings is 1. The molecule has 0 aliphatic rings.